The molecule has 0 saturated carbocycles. The lowest BCUT2D eigenvalue weighted by Gasteiger charge is -2.30. The third-order valence-electron chi connectivity index (χ3n) is 5.54. The van der Waals surface area contributed by atoms with Crippen molar-refractivity contribution in [1.82, 2.24) is 9.97 Å². The van der Waals surface area contributed by atoms with Crippen LogP contribution in [0.4, 0.5) is 17.5 Å². The Hall–Kier alpha value is -2.15. The maximum Gasteiger partial charge on any atom is 0.232 e. The van der Waals surface area contributed by atoms with E-state index < -0.39 is 9.84 Å². The Labute approximate surface area is 161 Å². The minimum atomic E-state index is -2.94. The third-order valence-corrected chi connectivity index (χ3v) is 7.29. The zero-order valence-corrected chi connectivity index (χ0v) is 16.9. The smallest absolute Gasteiger partial charge is 0.232 e. The number of para-hydroxylation sites is 1. The number of hydrogen-bond acceptors (Lipinski definition) is 6. The molecule has 0 N–H and O–H groups in total. The van der Waals surface area contributed by atoms with Gasteiger partial charge in [0.1, 0.15) is 5.82 Å². The van der Waals surface area contributed by atoms with E-state index in [0.717, 1.165) is 30.2 Å². The van der Waals surface area contributed by atoms with Gasteiger partial charge in [0.05, 0.1) is 11.5 Å². The molecule has 4 rings (SSSR count). The zero-order chi connectivity index (χ0) is 19.2. The summed E-state index contributed by atoms with van der Waals surface area (Å²) in [7, 11) is -2.94. The lowest BCUT2D eigenvalue weighted by molar-refractivity contribution is 0.599. The molecular weight excluding hydrogens is 360 g/mol. The second kappa shape index (κ2) is 6.78. The van der Waals surface area contributed by atoms with Gasteiger partial charge in [0.25, 0.3) is 0 Å². The van der Waals surface area contributed by atoms with Crippen LogP contribution < -0.4 is 9.80 Å². The molecule has 1 saturated heterocycles. The van der Waals surface area contributed by atoms with Gasteiger partial charge in [-0.25, -0.2) is 13.4 Å². The van der Waals surface area contributed by atoms with E-state index in [4.69, 9.17) is 9.97 Å². The highest BCUT2D eigenvalue weighted by molar-refractivity contribution is 7.91. The summed E-state index contributed by atoms with van der Waals surface area (Å²) in [6.45, 7) is 6.94. The van der Waals surface area contributed by atoms with Crippen molar-refractivity contribution < 1.29 is 8.42 Å². The number of benzene rings is 1. The van der Waals surface area contributed by atoms with E-state index in [1.54, 1.807) is 0 Å². The van der Waals surface area contributed by atoms with E-state index in [1.165, 1.54) is 5.56 Å². The number of nitrogens with zero attached hydrogens (tertiary/aromatic N) is 4. The monoisotopic (exact) mass is 386 g/mol. The summed E-state index contributed by atoms with van der Waals surface area (Å²) in [6, 6.07) is 10.6. The molecule has 0 radical (unpaired) electrons. The van der Waals surface area contributed by atoms with E-state index in [-0.39, 0.29) is 17.5 Å². The van der Waals surface area contributed by atoms with Gasteiger partial charge in [0.2, 0.25) is 5.95 Å². The van der Waals surface area contributed by atoms with Gasteiger partial charge in [0.15, 0.2) is 9.84 Å². The van der Waals surface area contributed by atoms with E-state index in [0.29, 0.717) is 18.4 Å². The number of sulfone groups is 1. The first-order valence-corrected chi connectivity index (χ1v) is 11.4. The van der Waals surface area contributed by atoms with Gasteiger partial charge in [-0.3, -0.25) is 0 Å². The SMILES string of the molecule is CCN(c1cc(C)nc(N2c3ccccc3CC2C)n1)C1CCS(=O)(=O)C1. The molecule has 7 heteroatoms. The first kappa shape index (κ1) is 18.2. The van der Waals surface area contributed by atoms with Gasteiger partial charge >= 0.3 is 0 Å². The maximum absolute atomic E-state index is 11.9. The van der Waals surface area contributed by atoms with E-state index in [9.17, 15) is 8.42 Å². The van der Waals surface area contributed by atoms with Crippen molar-refractivity contribution in [1.29, 1.82) is 0 Å². The summed E-state index contributed by atoms with van der Waals surface area (Å²) in [5.74, 6) is 1.99. The topological polar surface area (TPSA) is 66.4 Å². The van der Waals surface area contributed by atoms with Crippen molar-refractivity contribution in [2.75, 3.05) is 27.9 Å². The molecule has 2 unspecified atom stereocenters. The molecule has 0 amide bonds. The summed E-state index contributed by atoms with van der Waals surface area (Å²) in [5, 5.41) is 0. The average molecular weight is 387 g/mol. The van der Waals surface area contributed by atoms with E-state index in [1.807, 2.05) is 19.1 Å². The summed E-state index contributed by atoms with van der Waals surface area (Å²) in [4.78, 5) is 13.9. The summed E-state index contributed by atoms with van der Waals surface area (Å²) in [5.41, 5.74) is 3.37. The number of aromatic nitrogens is 2. The standard InChI is InChI=1S/C20H26N4O2S/c1-4-23(17-9-10-27(25,26)13-17)19-11-14(2)21-20(22-19)24-15(3)12-16-7-5-6-8-18(16)24/h5-8,11,15,17H,4,9-10,12-13H2,1-3H3. The molecular formula is C20H26N4O2S. The number of anilines is 3. The second-order valence-corrected chi connectivity index (χ2v) is 9.79. The molecule has 2 aromatic rings. The lowest BCUT2D eigenvalue weighted by Crippen LogP contribution is -2.37. The minimum absolute atomic E-state index is 0.00885. The fourth-order valence-corrected chi connectivity index (χ4v) is 6.02. The van der Waals surface area contributed by atoms with Crippen molar-refractivity contribution in [2.24, 2.45) is 0 Å². The van der Waals surface area contributed by atoms with Crippen molar-refractivity contribution >= 4 is 27.3 Å². The highest BCUT2D eigenvalue weighted by atomic mass is 32.2. The molecule has 2 aliphatic heterocycles. The molecule has 2 atom stereocenters. The van der Waals surface area contributed by atoms with Crippen molar-refractivity contribution in [3.8, 4) is 0 Å². The molecule has 0 aliphatic carbocycles. The Balaban J connectivity index is 1.72. The van der Waals surface area contributed by atoms with Crippen molar-refractivity contribution in [3.05, 3.63) is 41.6 Å². The number of hydrogen-bond donors (Lipinski definition) is 0. The Bertz CT molecular complexity index is 960. The highest BCUT2D eigenvalue weighted by Gasteiger charge is 2.34. The quantitative estimate of drug-likeness (QED) is 0.805. The van der Waals surface area contributed by atoms with Crippen LogP contribution in [0.25, 0.3) is 0 Å². The molecule has 1 aromatic heterocycles. The predicted molar refractivity (Wildman–Crippen MR) is 109 cm³/mol. The number of rotatable bonds is 4. The fourth-order valence-electron chi connectivity index (χ4n) is 4.29. The summed E-state index contributed by atoms with van der Waals surface area (Å²) < 4.78 is 23.9. The summed E-state index contributed by atoms with van der Waals surface area (Å²) >= 11 is 0. The minimum Gasteiger partial charge on any atom is -0.353 e. The highest BCUT2D eigenvalue weighted by Crippen LogP contribution is 2.37. The first-order chi connectivity index (χ1) is 12.9. The van der Waals surface area contributed by atoms with Crippen LogP contribution in [-0.2, 0) is 16.3 Å². The van der Waals surface area contributed by atoms with Gasteiger partial charge in [-0.1, -0.05) is 18.2 Å². The number of aryl methyl sites for hydroxylation is 1. The Kier molecular flexibility index (Phi) is 4.58. The van der Waals surface area contributed by atoms with Crippen LogP contribution in [0.15, 0.2) is 30.3 Å². The van der Waals surface area contributed by atoms with E-state index in [2.05, 4.69) is 41.8 Å². The van der Waals surface area contributed by atoms with Crippen LogP contribution in [0.2, 0.25) is 0 Å². The second-order valence-electron chi connectivity index (χ2n) is 7.56. The molecule has 27 heavy (non-hydrogen) atoms. The fraction of sp³-hybridized carbons (Fsp3) is 0.500. The normalized spacial score (nSPS) is 23.4. The summed E-state index contributed by atoms with van der Waals surface area (Å²) in [6.07, 6.45) is 1.64. The van der Waals surface area contributed by atoms with Gasteiger partial charge in [0, 0.05) is 36.1 Å². The third kappa shape index (κ3) is 3.40. The Morgan fingerprint density at radius 3 is 2.74 bits per heavy atom. The molecule has 0 spiro atoms. The van der Waals surface area contributed by atoms with Crippen molar-refractivity contribution in [2.45, 2.75) is 45.7 Å². The lowest BCUT2D eigenvalue weighted by atomic mass is 10.1. The van der Waals surface area contributed by atoms with Crippen molar-refractivity contribution in [3.63, 3.8) is 0 Å². The average Bonchev–Trinajstić information content (AvgIpc) is 3.13. The van der Waals surface area contributed by atoms with Gasteiger partial charge in [-0.05, 0) is 45.2 Å². The van der Waals surface area contributed by atoms with Gasteiger partial charge in [-0.2, -0.15) is 4.98 Å². The Morgan fingerprint density at radius 2 is 2.04 bits per heavy atom. The molecule has 144 valence electrons. The van der Waals surface area contributed by atoms with E-state index >= 15 is 0 Å². The molecule has 1 aromatic carbocycles. The van der Waals surface area contributed by atoms with Crippen LogP contribution >= 0.6 is 0 Å². The molecule has 2 aliphatic rings. The zero-order valence-electron chi connectivity index (χ0n) is 16.1. The largest absolute Gasteiger partial charge is 0.353 e. The molecule has 6 nitrogen and oxygen atoms in total. The van der Waals surface area contributed by atoms with Crippen LogP contribution in [0.3, 0.4) is 0 Å². The predicted octanol–water partition coefficient (Wildman–Crippen LogP) is 2.88. The Morgan fingerprint density at radius 1 is 1.26 bits per heavy atom. The van der Waals surface area contributed by atoms with Crippen LogP contribution in [-0.4, -0.2) is 48.5 Å². The molecule has 3 heterocycles. The molecule has 0 bridgehead atoms. The van der Waals surface area contributed by atoms with Crippen LogP contribution in [0, 0.1) is 6.92 Å². The van der Waals surface area contributed by atoms with Gasteiger partial charge < -0.3 is 9.80 Å². The van der Waals surface area contributed by atoms with Gasteiger partial charge in [-0.15, -0.1) is 0 Å². The maximum atomic E-state index is 11.9. The molecule has 1 fully saturated rings. The number of fused-ring (bicyclic) bond motifs is 1. The van der Waals surface area contributed by atoms with Crippen LogP contribution in [0.5, 0.6) is 0 Å². The first-order valence-electron chi connectivity index (χ1n) is 9.58. The van der Waals surface area contributed by atoms with Crippen LogP contribution in [0.1, 0.15) is 31.5 Å².